The first kappa shape index (κ1) is 13.4. The zero-order valence-corrected chi connectivity index (χ0v) is 11.5. The van der Waals surface area contributed by atoms with Crippen molar-refractivity contribution in [1.29, 1.82) is 0 Å². The Morgan fingerprint density at radius 3 is 3.00 bits per heavy atom. The van der Waals surface area contributed by atoms with E-state index in [0.29, 0.717) is 32.1 Å². The molecule has 1 aliphatic heterocycles. The molecule has 0 bridgehead atoms. The molecule has 0 spiro atoms. The van der Waals surface area contributed by atoms with Gasteiger partial charge in [-0.1, -0.05) is 0 Å². The molecule has 1 saturated heterocycles. The topological polar surface area (TPSA) is 44.4 Å². The molecule has 5 heteroatoms. The molecule has 0 atom stereocenters. The second-order valence-electron chi connectivity index (χ2n) is 5.52. The van der Waals surface area contributed by atoms with Crippen molar-refractivity contribution in [3.63, 3.8) is 0 Å². The summed E-state index contributed by atoms with van der Waals surface area (Å²) >= 11 is 0. The first-order chi connectivity index (χ1) is 9.72. The van der Waals surface area contributed by atoms with Gasteiger partial charge in [0.25, 0.3) is 0 Å². The van der Waals surface area contributed by atoms with Crippen LogP contribution in [0.2, 0.25) is 0 Å². The van der Waals surface area contributed by atoms with E-state index in [0.717, 1.165) is 17.8 Å². The van der Waals surface area contributed by atoms with Gasteiger partial charge in [0.15, 0.2) is 0 Å². The quantitative estimate of drug-likeness (QED) is 0.874. The van der Waals surface area contributed by atoms with Crippen molar-refractivity contribution in [3.8, 4) is 0 Å². The molecule has 1 saturated carbocycles. The number of anilines is 1. The van der Waals surface area contributed by atoms with Gasteiger partial charge in [0, 0.05) is 44.3 Å². The van der Waals surface area contributed by atoms with Gasteiger partial charge in [-0.2, -0.15) is 0 Å². The van der Waals surface area contributed by atoms with E-state index in [1.54, 1.807) is 6.07 Å². The van der Waals surface area contributed by atoms with E-state index >= 15 is 0 Å². The number of carbonyl (C=O) groups excluding carboxylic acids is 1. The fraction of sp³-hybridized carbons (Fsp3) is 0.533. The monoisotopic (exact) mass is 277 g/mol. The molecule has 1 aromatic rings. The third-order valence-corrected chi connectivity index (χ3v) is 3.85. The number of carbonyl (C=O) groups is 1. The minimum absolute atomic E-state index is 0.0901. The third kappa shape index (κ3) is 3.28. The zero-order chi connectivity index (χ0) is 13.9. The van der Waals surface area contributed by atoms with Crippen LogP contribution in [0.25, 0.3) is 0 Å². The molecule has 0 unspecified atom stereocenters. The number of rotatable bonds is 4. The van der Waals surface area contributed by atoms with Gasteiger partial charge in [-0.15, -0.1) is 0 Å². The highest BCUT2D eigenvalue weighted by atomic mass is 19.1. The summed E-state index contributed by atoms with van der Waals surface area (Å²) in [5, 5.41) is 6.29. The number of hydrogen-bond donors (Lipinski definition) is 2. The molecule has 1 amide bonds. The number of nitrogens with zero attached hydrogens (tertiary/aromatic N) is 1. The van der Waals surface area contributed by atoms with Crippen LogP contribution in [0.1, 0.15) is 24.8 Å². The summed E-state index contributed by atoms with van der Waals surface area (Å²) < 4.78 is 13.5. The predicted octanol–water partition coefficient (Wildman–Crippen LogP) is 1.40. The normalized spacial score (nSPS) is 19.6. The van der Waals surface area contributed by atoms with Crippen LogP contribution in [0.4, 0.5) is 10.1 Å². The van der Waals surface area contributed by atoms with E-state index in [2.05, 4.69) is 15.5 Å². The molecule has 20 heavy (non-hydrogen) atoms. The Balaban J connectivity index is 1.77. The SMILES string of the molecule is O=C1CCN(c2ccc(F)cc2CNC2CC2)CCN1. The van der Waals surface area contributed by atoms with Gasteiger partial charge < -0.3 is 15.5 Å². The highest BCUT2D eigenvalue weighted by molar-refractivity contribution is 5.77. The number of amides is 1. The molecule has 1 aromatic carbocycles. The van der Waals surface area contributed by atoms with Crippen LogP contribution in [-0.4, -0.2) is 31.6 Å². The Bertz CT molecular complexity index is 502. The smallest absolute Gasteiger partial charge is 0.221 e. The fourth-order valence-electron chi connectivity index (χ4n) is 2.55. The number of benzene rings is 1. The molecule has 1 heterocycles. The molecule has 3 rings (SSSR count). The maximum absolute atomic E-state index is 13.5. The highest BCUT2D eigenvalue weighted by Crippen LogP contribution is 2.25. The summed E-state index contributed by atoms with van der Waals surface area (Å²) in [5.41, 5.74) is 2.02. The van der Waals surface area contributed by atoms with E-state index in [9.17, 15) is 9.18 Å². The maximum Gasteiger partial charge on any atom is 0.221 e. The van der Waals surface area contributed by atoms with Crippen LogP contribution in [-0.2, 0) is 11.3 Å². The Morgan fingerprint density at radius 1 is 1.35 bits per heavy atom. The summed E-state index contributed by atoms with van der Waals surface area (Å²) in [6.45, 7) is 2.79. The number of halogens is 1. The first-order valence-electron chi connectivity index (χ1n) is 7.26. The molecule has 108 valence electrons. The van der Waals surface area contributed by atoms with Crippen LogP contribution >= 0.6 is 0 Å². The van der Waals surface area contributed by atoms with Gasteiger partial charge in [-0.25, -0.2) is 4.39 Å². The minimum Gasteiger partial charge on any atom is -0.369 e. The van der Waals surface area contributed by atoms with Gasteiger partial charge in [0.1, 0.15) is 5.82 Å². The summed E-state index contributed by atoms with van der Waals surface area (Å²) in [6.07, 6.45) is 2.92. The van der Waals surface area contributed by atoms with Crippen molar-refractivity contribution in [3.05, 3.63) is 29.6 Å². The summed E-state index contributed by atoms with van der Waals surface area (Å²) in [4.78, 5) is 13.6. The summed E-state index contributed by atoms with van der Waals surface area (Å²) in [6, 6.07) is 5.52. The van der Waals surface area contributed by atoms with Crippen molar-refractivity contribution >= 4 is 11.6 Å². The molecule has 4 nitrogen and oxygen atoms in total. The minimum atomic E-state index is -0.203. The van der Waals surface area contributed by atoms with E-state index < -0.39 is 0 Å². The van der Waals surface area contributed by atoms with Crippen molar-refractivity contribution in [2.24, 2.45) is 0 Å². The van der Waals surface area contributed by atoms with Gasteiger partial charge in [-0.05, 0) is 36.6 Å². The van der Waals surface area contributed by atoms with E-state index in [-0.39, 0.29) is 11.7 Å². The van der Waals surface area contributed by atoms with Gasteiger partial charge in [-0.3, -0.25) is 4.79 Å². The lowest BCUT2D eigenvalue weighted by atomic mass is 10.1. The van der Waals surface area contributed by atoms with Crippen molar-refractivity contribution in [2.75, 3.05) is 24.5 Å². The average Bonchev–Trinajstić information content (AvgIpc) is 3.25. The Hall–Kier alpha value is -1.62. The highest BCUT2D eigenvalue weighted by Gasteiger charge is 2.22. The van der Waals surface area contributed by atoms with Gasteiger partial charge >= 0.3 is 0 Å². The van der Waals surface area contributed by atoms with E-state index in [1.807, 2.05) is 6.07 Å². The Morgan fingerprint density at radius 2 is 2.20 bits per heavy atom. The Kier molecular flexibility index (Phi) is 3.87. The lowest BCUT2D eigenvalue weighted by molar-refractivity contribution is -0.120. The second kappa shape index (κ2) is 5.79. The van der Waals surface area contributed by atoms with Crippen molar-refractivity contribution in [2.45, 2.75) is 31.8 Å². The lowest BCUT2D eigenvalue weighted by Crippen LogP contribution is -2.30. The van der Waals surface area contributed by atoms with E-state index in [1.165, 1.54) is 18.9 Å². The molecule has 1 aliphatic carbocycles. The van der Waals surface area contributed by atoms with Crippen molar-refractivity contribution in [1.82, 2.24) is 10.6 Å². The standard InChI is InChI=1S/C15H20FN3O/c16-12-1-4-14(11(9-12)10-18-13-2-3-13)19-7-5-15(20)17-6-8-19/h1,4,9,13,18H,2-3,5-8,10H2,(H,17,20). The van der Waals surface area contributed by atoms with Crippen LogP contribution < -0.4 is 15.5 Å². The second-order valence-corrected chi connectivity index (χ2v) is 5.52. The molecule has 0 radical (unpaired) electrons. The van der Waals surface area contributed by atoms with Crippen LogP contribution in [0.3, 0.4) is 0 Å². The van der Waals surface area contributed by atoms with Gasteiger partial charge in [0.2, 0.25) is 5.91 Å². The molecule has 2 fully saturated rings. The molecular formula is C15H20FN3O. The molecule has 0 aromatic heterocycles. The molecule has 2 aliphatic rings. The lowest BCUT2D eigenvalue weighted by Gasteiger charge is -2.25. The van der Waals surface area contributed by atoms with Crippen LogP contribution in [0.15, 0.2) is 18.2 Å². The third-order valence-electron chi connectivity index (χ3n) is 3.85. The summed E-state index contributed by atoms with van der Waals surface area (Å²) in [7, 11) is 0. The number of hydrogen-bond acceptors (Lipinski definition) is 3. The average molecular weight is 277 g/mol. The molecular weight excluding hydrogens is 257 g/mol. The fourth-order valence-corrected chi connectivity index (χ4v) is 2.55. The summed E-state index contributed by atoms with van der Waals surface area (Å²) in [5.74, 6) is -0.113. The molecule has 2 N–H and O–H groups in total. The number of nitrogens with one attached hydrogen (secondary N) is 2. The van der Waals surface area contributed by atoms with Gasteiger partial charge in [0.05, 0.1) is 0 Å². The van der Waals surface area contributed by atoms with E-state index in [4.69, 9.17) is 0 Å². The first-order valence-corrected chi connectivity index (χ1v) is 7.26. The zero-order valence-electron chi connectivity index (χ0n) is 11.5. The van der Waals surface area contributed by atoms with Crippen LogP contribution in [0.5, 0.6) is 0 Å². The predicted molar refractivity (Wildman–Crippen MR) is 76.1 cm³/mol. The largest absolute Gasteiger partial charge is 0.369 e. The Labute approximate surface area is 118 Å². The van der Waals surface area contributed by atoms with Crippen LogP contribution in [0, 0.1) is 5.82 Å². The maximum atomic E-state index is 13.5. The van der Waals surface area contributed by atoms with Crippen molar-refractivity contribution < 1.29 is 9.18 Å².